The summed E-state index contributed by atoms with van der Waals surface area (Å²) < 4.78 is 12.9. The van der Waals surface area contributed by atoms with Crippen LogP contribution in [0.5, 0.6) is 0 Å². The van der Waals surface area contributed by atoms with Crippen molar-refractivity contribution in [2.45, 2.75) is 6.92 Å². The number of Topliss-reactive ketones (excluding diaryl/α,β-unsaturated/α-hetero) is 1. The first-order valence-corrected chi connectivity index (χ1v) is 5.60. The Morgan fingerprint density at radius 3 is 2.63 bits per heavy atom. The van der Waals surface area contributed by atoms with E-state index in [9.17, 15) is 14.0 Å². The molecule has 0 heterocycles. The van der Waals surface area contributed by atoms with Crippen molar-refractivity contribution < 1.29 is 14.0 Å². The molecule has 1 rings (SSSR count). The van der Waals surface area contributed by atoms with Crippen LogP contribution in [0.4, 0.5) is 10.1 Å². The maximum absolute atomic E-state index is 12.9. The van der Waals surface area contributed by atoms with Gasteiger partial charge in [0.25, 0.3) is 0 Å². The molecule has 98 valence electrons. The maximum atomic E-state index is 12.9. The SMILES string of the molecule is C=C(C)C(=O)C(C#N)C(=O)Nc1ccc(F)c(Cl)c1. The minimum Gasteiger partial charge on any atom is -0.324 e. The molecule has 4 nitrogen and oxygen atoms in total. The van der Waals surface area contributed by atoms with Crippen LogP contribution >= 0.6 is 11.6 Å². The fraction of sp³-hybridized carbons (Fsp3) is 0.154. The first-order valence-electron chi connectivity index (χ1n) is 5.22. The number of nitrogens with one attached hydrogen (secondary N) is 1. The Hall–Kier alpha value is -2.19. The molecule has 1 aromatic carbocycles. The average Bonchev–Trinajstić information content (AvgIpc) is 2.34. The molecular weight excluding hydrogens is 271 g/mol. The van der Waals surface area contributed by atoms with E-state index in [0.717, 1.165) is 6.07 Å². The van der Waals surface area contributed by atoms with Gasteiger partial charge in [-0.2, -0.15) is 5.26 Å². The van der Waals surface area contributed by atoms with E-state index in [1.807, 2.05) is 0 Å². The molecule has 0 aliphatic heterocycles. The third kappa shape index (κ3) is 3.63. The second-order valence-corrected chi connectivity index (χ2v) is 4.23. The van der Waals surface area contributed by atoms with Gasteiger partial charge in [-0.15, -0.1) is 0 Å². The highest BCUT2D eigenvalue weighted by Gasteiger charge is 2.26. The lowest BCUT2D eigenvalue weighted by Crippen LogP contribution is -2.28. The summed E-state index contributed by atoms with van der Waals surface area (Å²) in [5, 5.41) is 11.0. The summed E-state index contributed by atoms with van der Waals surface area (Å²) in [5.41, 5.74) is 0.310. The van der Waals surface area contributed by atoms with Crippen LogP contribution in [0.1, 0.15) is 6.92 Å². The molecule has 0 spiro atoms. The maximum Gasteiger partial charge on any atom is 0.249 e. The molecule has 19 heavy (non-hydrogen) atoms. The zero-order valence-electron chi connectivity index (χ0n) is 10.0. The van der Waals surface area contributed by atoms with Crippen LogP contribution in [0.2, 0.25) is 5.02 Å². The molecule has 1 aromatic rings. The number of amides is 1. The summed E-state index contributed by atoms with van der Waals surface area (Å²) in [7, 11) is 0. The second kappa shape index (κ2) is 6.12. The normalized spacial score (nSPS) is 11.3. The summed E-state index contributed by atoms with van der Waals surface area (Å²) in [5.74, 6) is -3.58. The van der Waals surface area contributed by atoms with Gasteiger partial charge in [-0.05, 0) is 30.7 Å². The van der Waals surface area contributed by atoms with Crippen molar-refractivity contribution in [2.75, 3.05) is 5.32 Å². The van der Waals surface area contributed by atoms with Crippen molar-refractivity contribution >= 4 is 29.0 Å². The number of halogens is 2. The van der Waals surface area contributed by atoms with Gasteiger partial charge in [0.2, 0.25) is 5.91 Å². The van der Waals surface area contributed by atoms with Crippen molar-refractivity contribution in [2.24, 2.45) is 5.92 Å². The summed E-state index contributed by atoms with van der Waals surface area (Å²) in [6.07, 6.45) is 0. The number of nitriles is 1. The molecule has 1 amide bonds. The predicted molar refractivity (Wildman–Crippen MR) is 69.0 cm³/mol. The highest BCUT2D eigenvalue weighted by Crippen LogP contribution is 2.20. The molecule has 0 radical (unpaired) electrons. The lowest BCUT2D eigenvalue weighted by atomic mass is 10.00. The number of anilines is 1. The molecule has 0 bridgehead atoms. The molecule has 0 aliphatic rings. The highest BCUT2D eigenvalue weighted by molar-refractivity contribution is 6.31. The van der Waals surface area contributed by atoms with Gasteiger partial charge in [0.05, 0.1) is 11.1 Å². The van der Waals surface area contributed by atoms with Crippen LogP contribution in [0, 0.1) is 23.1 Å². The number of carbonyl (C=O) groups excluding carboxylic acids is 2. The third-order valence-electron chi connectivity index (χ3n) is 2.26. The van der Waals surface area contributed by atoms with Crippen molar-refractivity contribution in [3.8, 4) is 6.07 Å². The molecule has 0 fully saturated rings. The first-order chi connectivity index (χ1) is 8.86. The van der Waals surface area contributed by atoms with Gasteiger partial charge < -0.3 is 5.32 Å². The highest BCUT2D eigenvalue weighted by atomic mass is 35.5. The van der Waals surface area contributed by atoms with Crippen molar-refractivity contribution in [1.29, 1.82) is 5.26 Å². The van der Waals surface area contributed by atoms with Crippen molar-refractivity contribution in [3.05, 3.63) is 41.2 Å². The number of carbonyl (C=O) groups is 2. The van der Waals surface area contributed by atoms with E-state index in [2.05, 4.69) is 11.9 Å². The van der Waals surface area contributed by atoms with Crippen LogP contribution in [-0.2, 0) is 9.59 Å². The number of hydrogen-bond donors (Lipinski definition) is 1. The van der Waals surface area contributed by atoms with E-state index in [1.165, 1.54) is 19.1 Å². The number of rotatable bonds is 4. The molecule has 6 heteroatoms. The number of ketones is 1. The smallest absolute Gasteiger partial charge is 0.249 e. The van der Waals surface area contributed by atoms with Crippen LogP contribution in [0.25, 0.3) is 0 Å². The van der Waals surface area contributed by atoms with E-state index in [0.29, 0.717) is 0 Å². The molecule has 0 aromatic heterocycles. The minimum absolute atomic E-state index is 0.110. The van der Waals surface area contributed by atoms with Gasteiger partial charge in [-0.1, -0.05) is 18.2 Å². The van der Waals surface area contributed by atoms with Crippen molar-refractivity contribution in [3.63, 3.8) is 0 Å². The Labute approximate surface area is 114 Å². The van der Waals surface area contributed by atoms with E-state index in [1.54, 1.807) is 6.07 Å². The Bertz CT molecular complexity index is 593. The van der Waals surface area contributed by atoms with E-state index >= 15 is 0 Å². The van der Waals surface area contributed by atoms with Crippen molar-refractivity contribution in [1.82, 2.24) is 0 Å². The van der Waals surface area contributed by atoms with Gasteiger partial charge in [0.1, 0.15) is 5.82 Å². The van der Waals surface area contributed by atoms with Crippen LogP contribution < -0.4 is 5.32 Å². The quantitative estimate of drug-likeness (QED) is 0.681. The molecular formula is C13H10ClFN2O2. The fourth-order valence-corrected chi connectivity index (χ4v) is 1.45. The van der Waals surface area contributed by atoms with Gasteiger partial charge in [0, 0.05) is 5.69 Å². The standard InChI is InChI=1S/C13H10ClFN2O2/c1-7(2)12(18)9(6-16)13(19)17-8-3-4-11(15)10(14)5-8/h3-5,9H,1H2,2H3,(H,17,19). The Kier molecular flexibility index (Phi) is 4.79. The molecule has 1 atom stereocenters. The summed E-state index contributed by atoms with van der Waals surface area (Å²) in [6, 6.07) is 5.13. The summed E-state index contributed by atoms with van der Waals surface area (Å²) in [4.78, 5) is 23.3. The lowest BCUT2D eigenvalue weighted by Gasteiger charge is -2.09. The van der Waals surface area contributed by atoms with Crippen LogP contribution in [0.15, 0.2) is 30.4 Å². The largest absolute Gasteiger partial charge is 0.324 e. The third-order valence-corrected chi connectivity index (χ3v) is 2.55. The molecule has 0 saturated carbocycles. The van der Waals surface area contributed by atoms with Crippen LogP contribution in [-0.4, -0.2) is 11.7 Å². The first kappa shape index (κ1) is 14.9. The number of allylic oxidation sites excluding steroid dienone is 1. The topological polar surface area (TPSA) is 70.0 Å². The average molecular weight is 281 g/mol. The predicted octanol–water partition coefficient (Wildman–Crippen LogP) is 2.70. The number of hydrogen-bond acceptors (Lipinski definition) is 3. The summed E-state index contributed by atoms with van der Waals surface area (Å²) >= 11 is 5.55. The number of benzene rings is 1. The Morgan fingerprint density at radius 1 is 1.53 bits per heavy atom. The van der Waals surface area contributed by atoms with Gasteiger partial charge in [-0.25, -0.2) is 4.39 Å². The number of nitrogens with zero attached hydrogens (tertiary/aromatic N) is 1. The zero-order valence-corrected chi connectivity index (χ0v) is 10.8. The lowest BCUT2D eigenvalue weighted by molar-refractivity contribution is -0.126. The Balaban J connectivity index is 2.89. The minimum atomic E-state index is -1.48. The molecule has 1 N–H and O–H groups in total. The fourth-order valence-electron chi connectivity index (χ4n) is 1.27. The summed E-state index contributed by atoms with van der Waals surface area (Å²) in [6.45, 7) is 4.80. The van der Waals surface area contributed by atoms with E-state index in [4.69, 9.17) is 16.9 Å². The zero-order chi connectivity index (χ0) is 14.6. The second-order valence-electron chi connectivity index (χ2n) is 3.82. The molecule has 0 saturated heterocycles. The van der Waals surface area contributed by atoms with Gasteiger partial charge >= 0.3 is 0 Å². The van der Waals surface area contributed by atoms with E-state index < -0.39 is 23.4 Å². The Morgan fingerprint density at radius 2 is 2.16 bits per heavy atom. The monoisotopic (exact) mass is 280 g/mol. The van der Waals surface area contributed by atoms with Gasteiger partial charge in [0.15, 0.2) is 11.7 Å². The molecule has 1 unspecified atom stereocenters. The van der Waals surface area contributed by atoms with Crippen LogP contribution in [0.3, 0.4) is 0 Å². The van der Waals surface area contributed by atoms with Gasteiger partial charge in [-0.3, -0.25) is 9.59 Å². The molecule has 0 aliphatic carbocycles. The van der Waals surface area contributed by atoms with E-state index in [-0.39, 0.29) is 16.3 Å².